The molecule has 2 N–H and O–H groups in total. The van der Waals surface area contributed by atoms with Gasteiger partial charge in [-0.3, -0.25) is 9.59 Å². The third kappa shape index (κ3) is 2.74. The molecule has 2 fully saturated rings. The van der Waals surface area contributed by atoms with Crippen LogP contribution >= 0.6 is 0 Å². The van der Waals surface area contributed by atoms with Gasteiger partial charge in [0.2, 0.25) is 5.91 Å². The molecule has 0 radical (unpaired) electrons. The first-order valence-electron chi connectivity index (χ1n) is 9.01. The van der Waals surface area contributed by atoms with Crippen LogP contribution in [0.15, 0.2) is 42.5 Å². The maximum Gasteiger partial charge on any atom is 0.270 e. The molecule has 1 saturated heterocycles. The number of halogens is 2. The molecular weight excluding hydrogens is 366 g/mol. The Morgan fingerprint density at radius 3 is 2.50 bits per heavy atom. The van der Waals surface area contributed by atoms with E-state index >= 15 is 0 Å². The molecule has 1 aromatic carbocycles. The molecule has 2 heterocycles. The van der Waals surface area contributed by atoms with Crippen molar-refractivity contribution in [1.82, 2.24) is 15.2 Å². The second-order valence-electron chi connectivity index (χ2n) is 7.20. The van der Waals surface area contributed by atoms with E-state index in [4.69, 9.17) is 5.26 Å². The van der Waals surface area contributed by atoms with E-state index in [9.17, 15) is 18.4 Å². The van der Waals surface area contributed by atoms with Gasteiger partial charge in [0.25, 0.3) is 11.8 Å². The summed E-state index contributed by atoms with van der Waals surface area (Å²) in [6.07, 6.45) is 0.162. The topological polar surface area (TPSA) is 89.0 Å². The minimum Gasteiger partial charge on any atom is -0.353 e. The molecular formula is C20H18F2N4O2. The summed E-state index contributed by atoms with van der Waals surface area (Å²) in [6.45, 7) is 0.626. The largest absolute Gasteiger partial charge is 0.353 e. The quantitative estimate of drug-likeness (QED) is 0.828. The predicted molar refractivity (Wildman–Crippen MR) is 95.6 cm³/mol. The van der Waals surface area contributed by atoms with Crippen LogP contribution in [0.2, 0.25) is 0 Å². The van der Waals surface area contributed by atoms with E-state index in [0.717, 1.165) is 0 Å². The SMILES string of the molecule is N#Cc1ccc(C(=O)N2CCC2CNC(=O)C2(c3ccccc3)CC2(F)F)[nH]1. The number of carbonyl (C=O) groups is 2. The van der Waals surface area contributed by atoms with Crippen LogP contribution in [0.1, 0.15) is 34.6 Å². The molecule has 2 aliphatic rings. The van der Waals surface area contributed by atoms with E-state index in [-0.39, 0.29) is 24.2 Å². The Morgan fingerprint density at radius 1 is 1.25 bits per heavy atom. The zero-order valence-corrected chi connectivity index (χ0v) is 14.9. The van der Waals surface area contributed by atoms with Crippen molar-refractivity contribution in [3.05, 3.63) is 59.4 Å². The second kappa shape index (κ2) is 6.44. The van der Waals surface area contributed by atoms with E-state index in [1.165, 1.54) is 24.3 Å². The van der Waals surface area contributed by atoms with Gasteiger partial charge in [-0.05, 0) is 24.1 Å². The molecule has 2 unspecified atom stereocenters. The highest BCUT2D eigenvalue weighted by molar-refractivity contribution is 5.95. The van der Waals surface area contributed by atoms with Crippen molar-refractivity contribution in [2.24, 2.45) is 0 Å². The van der Waals surface area contributed by atoms with Crippen LogP contribution in [-0.4, -0.2) is 46.8 Å². The van der Waals surface area contributed by atoms with Crippen LogP contribution < -0.4 is 5.32 Å². The van der Waals surface area contributed by atoms with E-state index in [1.54, 1.807) is 23.1 Å². The Labute approximate surface area is 160 Å². The number of nitriles is 1. The monoisotopic (exact) mass is 384 g/mol. The van der Waals surface area contributed by atoms with Crippen molar-refractivity contribution in [2.75, 3.05) is 13.1 Å². The van der Waals surface area contributed by atoms with E-state index in [0.29, 0.717) is 24.2 Å². The van der Waals surface area contributed by atoms with Gasteiger partial charge in [-0.2, -0.15) is 5.26 Å². The summed E-state index contributed by atoms with van der Waals surface area (Å²) in [5.41, 5.74) is -0.945. The summed E-state index contributed by atoms with van der Waals surface area (Å²) in [4.78, 5) is 29.4. The molecule has 6 nitrogen and oxygen atoms in total. The van der Waals surface area contributed by atoms with E-state index in [1.807, 2.05) is 6.07 Å². The number of benzene rings is 1. The molecule has 2 atom stereocenters. The number of hydrogen-bond acceptors (Lipinski definition) is 3. The number of nitrogens with zero attached hydrogens (tertiary/aromatic N) is 2. The van der Waals surface area contributed by atoms with Crippen molar-refractivity contribution in [1.29, 1.82) is 5.26 Å². The highest BCUT2D eigenvalue weighted by atomic mass is 19.3. The maximum atomic E-state index is 14.1. The van der Waals surface area contributed by atoms with Gasteiger partial charge in [0.1, 0.15) is 22.9 Å². The number of amides is 2. The lowest BCUT2D eigenvalue weighted by molar-refractivity contribution is -0.126. The Kier molecular flexibility index (Phi) is 4.18. The van der Waals surface area contributed by atoms with Crippen LogP contribution in [0.3, 0.4) is 0 Å². The lowest BCUT2D eigenvalue weighted by Gasteiger charge is -2.41. The lowest BCUT2D eigenvalue weighted by Crippen LogP contribution is -2.57. The highest BCUT2D eigenvalue weighted by Gasteiger charge is 2.76. The fraction of sp³-hybridized carbons (Fsp3) is 0.350. The molecule has 0 spiro atoms. The first-order valence-corrected chi connectivity index (χ1v) is 9.01. The zero-order chi connectivity index (χ0) is 19.9. The zero-order valence-electron chi connectivity index (χ0n) is 14.9. The Morgan fingerprint density at radius 2 is 1.96 bits per heavy atom. The fourth-order valence-corrected chi connectivity index (χ4v) is 3.72. The average molecular weight is 384 g/mol. The molecule has 2 aromatic rings. The van der Waals surface area contributed by atoms with Crippen LogP contribution in [0.4, 0.5) is 8.78 Å². The van der Waals surface area contributed by atoms with Crippen molar-refractivity contribution >= 4 is 11.8 Å². The summed E-state index contributed by atoms with van der Waals surface area (Å²) >= 11 is 0. The molecule has 8 heteroatoms. The summed E-state index contributed by atoms with van der Waals surface area (Å²) < 4.78 is 28.2. The predicted octanol–water partition coefficient (Wildman–Crippen LogP) is 2.19. The van der Waals surface area contributed by atoms with Gasteiger partial charge in [-0.1, -0.05) is 30.3 Å². The molecule has 4 rings (SSSR count). The number of aromatic nitrogens is 1. The Balaban J connectivity index is 1.41. The minimum absolute atomic E-state index is 0.112. The number of aromatic amines is 1. The smallest absolute Gasteiger partial charge is 0.270 e. The number of alkyl halides is 2. The molecule has 2 amide bonds. The fourth-order valence-electron chi connectivity index (χ4n) is 3.72. The standard InChI is InChI=1S/C20H18F2N4O2/c21-20(22)12-19(20,13-4-2-1-3-5-13)18(28)24-11-15-8-9-26(15)17(27)16-7-6-14(10-23)25-16/h1-7,15,25H,8-9,11-12H2,(H,24,28). The van der Waals surface area contributed by atoms with Crippen molar-refractivity contribution in [3.8, 4) is 6.07 Å². The molecule has 1 aliphatic carbocycles. The van der Waals surface area contributed by atoms with Gasteiger partial charge >= 0.3 is 0 Å². The van der Waals surface area contributed by atoms with Gasteiger partial charge in [0.15, 0.2) is 0 Å². The van der Waals surface area contributed by atoms with Crippen LogP contribution in [0, 0.1) is 11.3 Å². The average Bonchev–Trinajstić information content (AvgIpc) is 3.03. The minimum atomic E-state index is -3.08. The first-order chi connectivity index (χ1) is 13.4. The number of likely N-dealkylation sites (tertiary alicyclic amines) is 1. The lowest BCUT2D eigenvalue weighted by atomic mass is 9.93. The van der Waals surface area contributed by atoms with E-state index < -0.39 is 23.7 Å². The van der Waals surface area contributed by atoms with Gasteiger partial charge in [0.05, 0.1) is 6.04 Å². The van der Waals surface area contributed by atoms with Gasteiger partial charge in [-0.25, -0.2) is 8.78 Å². The Hall–Kier alpha value is -3.21. The summed E-state index contributed by atoms with van der Waals surface area (Å²) in [6, 6.07) is 12.8. The third-order valence-electron chi connectivity index (χ3n) is 5.58. The van der Waals surface area contributed by atoms with E-state index in [2.05, 4.69) is 10.3 Å². The van der Waals surface area contributed by atoms with Crippen LogP contribution in [-0.2, 0) is 10.2 Å². The number of hydrogen-bond donors (Lipinski definition) is 2. The Bertz CT molecular complexity index is 966. The number of nitrogens with one attached hydrogen (secondary N) is 2. The highest BCUT2D eigenvalue weighted by Crippen LogP contribution is 2.61. The number of rotatable bonds is 5. The van der Waals surface area contributed by atoms with Gasteiger partial charge in [-0.15, -0.1) is 0 Å². The van der Waals surface area contributed by atoms with Crippen LogP contribution in [0.25, 0.3) is 0 Å². The summed E-state index contributed by atoms with van der Waals surface area (Å²) in [5.74, 6) is -4.07. The van der Waals surface area contributed by atoms with Gasteiger partial charge in [0, 0.05) is 19.5 Å². The molecule has 28 heavy (non-hydrogen) atoms. The molecule has 1 aliphatic heterocycles. The van der Waals surface area contributed by atoms with Crippen molar-refractivity contribution in [2.45, 2.75) is 30.2 Å². The molecule has 144 valence electrons. The van der Waals surface area contributed by atoms with Gasteiger partial charge < -0.3 is 15.2 Å². The maximum absolute atomic E-state index is 14.1. The number of carbonyl (C=O) groups excluding carboxylic acids is 2. The first kappa shape index (κ1) is 18.2. The summed E-state index contributed by atoms with van der Waals surface area (Å²) in [5, 5.41) is 11.5. The molecule has 1 aromatic heterocycles. The second-order valence-corrected chi connectivity index (χ2v) is 7.20. The number of H-pyrrole nitrogens is 1. The van der Waals surface area contributed by atoms with Crippen molar-refractivity contribution < 1.29 is 18.4 Å². The summed E-state index contributed by atoms with van der Waals surface area (Å²) in [7, 11) is 0. The normalized spacial score (nSPS) is 24.8. The third-order valence-corrected chi connectivity index (χ3v) is 5.58. The molecule has 1 saturated carbocycles. The molecule has 0 bridgehead atoms. The van der Waals surface area contributed by atoms with Crippen molar-refractivity contribution in [3.63, 3.8) is 0 Å². The van der Waals surface area contributed by atoms with Crippen LogP contribution in [0.5, 0.6) is 0 Å².